The Balaban J connectivity index is 2.15. The van der Waals surface area contributed by atoms with Crippen LogP contribution in [0.5, 0.6) is 0 Å². The van der Waals surface area contributed by atoms with Crippen molar-refractivity contribution < 1.29 is 9.53 Å². The third-order valence-corrected chi connectivity index (χ3v) is 3.94. The lowest BCUT2D eigenvalue weighted by molar-refractivity contribution is -0.121. The molecule has 3 nitrogen and oxygen atoms in total. The molecule has 0 aliphatic heterocycles. The number of amides is 1. The Labute approximate surface area is 117 Å². The molecule has 0 radical (unpaired) electrons. The van der Waals surface area contributed by atoms with Gasteiger partial charge in [0.15, 0.2) is 0 Å². The van der Waals surface area contributed by atoms with Crippen molar-refractivity contribution in [2.75, 3.05) is 19.6 Å². The second-order valence-corrected chi connectivity index (χ2v) is 5.47. The number of aryl methyl sites for hydroxylation is 1. The summed E-state index contributed by atoms with van der Waals surface area (Å²) in [4.78, 5) is 13.0. The summed E-state index contributed by atoms with van der Waals surface area (Å²) in [5.41, 5.74) is 0. The molecule has 0 fully saturated rings. The van der Waals surface area contributed by atoms with Gasteiger partial charge >= 0.3 is 0 Å². The third-order valence-electron chi connectivity index (χ3n) is 2.63. The van der Waals surface area contributed by atoms with Crippen LogP contribution in [0.25, 0.3) is 0 Å². The van der Waals surface area contributed by atoms with Crippen molar-refractivity contribution in [2.45, 2.75) is 31.7 Å². The van der Waals surface area contributed by atoms with Crippen molar-refractivity contribution in [1.29, 1.82) is 0 Å². The highest BCUT2D eigenvalue weighted by molar-refractivity contribution is 7.09. The van der Waals surface area contributed by atoms with E-state index < -0.39 is 0 Å². The van der Waals surface area contributed by atoms with Crippen molar-refractivity contribution in [3.63, 3.8) is 0 Å². The molecule has 1 unspecified atom stereocenters. The Kier molecular flexibility index (Phi) is 8.05. The average Bonchev–Trinajstić information content (AvgIpc) is 2.87. The second kappa shape index (κ2) is 9.36. The first kappa shape index (κ1) is 15.5. The van der Waals surface area contributed by atoms with Crippen molar-refractivity contribution in [1.82, 2.24) is 5.32 Å². The molecule has 0 aliphatic rings. The van der Waals surface area contributed by atoms with E-state index in [4.69, 9.17) is 16.3 Å². The van der Waals surface area contributed by atoms with E-state index in [0.29, 0.717) is 18.9 Å². The molecule has 1 heterocycles. The lowest BCUT2D eigenvalue weighted by Crippen LogP contribution is -2.36. The number of carbonyl (C=O) groups excluding carboxylic acids is 1. The maximum absolute atomic E-state index is 11.7. The van der Waals surface area contributed by atoms with Crippen molar-refractivity contribution in [2.24, 2.45) is 0 Å². The van der Waals surface area contributed by atoms with Gasteiger partial charge in [-0.2, -0.15) is 0 Å². The molecule has 1 amide bonds. The van der Waals surface area contributed by atoms with E-state index >= 15 is 0 Å². The van der Waals surface area contributed by atoms with Gasteiger partial charge < -0.3 is 10.1 Å². The van der Waals surface area contributed by atoms with Crippen LogP contribution in [0.2, 0.25) is 0 Å². The highest BCUT2D eigenvalue weighted by Crippen LogP contribution is 2.11. The number of thiophene rings is 1. The number of nitrogens with one attached hydrogen (secondary N) is 1. The van der Waals surface area contributed by atoms with Gasteiger partial charge in [0.2, 0.25) is 5.91 Å². The van der Waals surface area contributed by atoms with Gasteiger partial charge in [-0.3, -0.25) is 4.79 Å². The van der Waals surface area contributed by atoms with Crippen LogP contribution in [0, 0.1) is 0 Å². The molecule has 0 spiro atoms. The van der Waals surface area contributed by atoms with Crippen molar-refractivity contribution >= 4 is 28.8 Å². The standard InChI is InChI=1S/C13H20ClNO2S/c1-17-8-7-11(10-14)15-13(16)6-2-4-12-5-3-9-18-12/h3,5,9,11H,2,4,6-8,10H2,1H3,(H,15,16). The number of rotatable bonds is 9. The zero-order valence-electron chi connectivity index (χ0n) is 10.7. The van der Waals surface area contributed by atoms with E-state index in [1.807, 2.05) is 6.07 Å². The summed E-state index contributed by atoms with van der Waals surface area (Å²) >= 11 is 7.53. The number of hydrogen-bond acceptors (Lipinski definition) is 3. The van der Waals surface area contributed by atoms with Gasteiger partial charge in [-0.25, -0.2) is 0 Å². The minimum absolute atomic E-state index is 0.0147. The minimum atomic E-state index is 0.0147. The summed E-state index contributed by atoms with van der Waals surface area (Å²) < 4.78 is 4.98. The summed E-state index contributed by atoms with van der Waals surface area (Å²) in [6.45, 7) is 0.618. The van der Waals surface area contributed by atoms with E-state index in [0.717, 1.165) is 19.3 Å². The Morgan fingerprint density at radius 1 is 1.61 bits per heavy atom. The van der Waals surface area contributed by atoms with Gasteiger partial charge in [0.05, 0.1) is 0 Å². The summed E-state index contributed by atoms with van der Waals surface area (Å²) in [6.07, 6.45) is 3.16. The number of ether oxygens (including phenoxy) is 1. The Morgan fingerprint density at radius 2 is 2.44 bits per heavy atom. The predicted octanol–water partition coefficient (Wildman–Crippen LogP) is 2.83. The fourth-order valence-corrected chi connectivity index (χ4v) is 2.61. The monoisotopic (exact) mass is 289 g/mol. The highest BCUT2D eigenvalue weighted by atomic mass is 35.5. The fraction of sp³-hybridized carbons (Fsp3) is 0.615. The SMILES string of the molecule is COCCC(CCl)NC(=O)CCCc1cccs1. The van der Waals surface area contributed by atoms with Crippen LogP contribution in [0.15, 0.2) is 17.5 Å². The Hall–Kier alpha value is -0.580. The summed E-state index contributed by atoms with van der Waals surface area (Å²) in [5.74, 6) is 0.508. The third kappa shape index (κ3) is 6.38. The van der Waals surface area contributed by atoms with E-state index in [-0.39, 0.29) is 11.9 Å². The largest absolute Gasteiger partial charge is 0.385 e. The van der Waals surface area contributed by atoms with Gasteiger partial charge in [0.25, 0.3) is 0 Å². The lowest BCUT2D eigenvalue weighted by atomic mass is 10.2. The van der Waals surface area contributed by atoms with Crippen LogP contribution in [-0.4, -0.2) is 31.5 Å². The topological polar surface area (TPSA) is 38.3 Å². The molecule has 1 aromatic heterocycles. The molecule has 5 heteroatoms. The summed E-state index contributed by atoms with van der Waals surface area (Å²) in [7, 11) is 1.65. The minimum Gasteiger partial charge on any atom is -0.385 e. The molecule has 0 aromatic carbocycles. The van der Waals surface area contributed by atoms with Gasteiger partial charge in [-0.05, 0) is 30.7 Å². The summed E-state index contributed by atoms with van der Waals surface area (Å²) in [6, 6.07) is 4.15. The molecule has 0 aliphatic carbocycles. The molecule has 1 rings (SSSR count). The van der Waals surface area contributed by atoms with Crippen LogP contribution >= 0.6 is 22.9 Å². The fourth-order valence-electron chi connectivity index (χ4n) is 1.63. The quantitative estimate of drug-likeness (QED) is 0.710. The van der Waals surface area contributed by atoms with Gasteiger partial charge in [0.1, 0.15) is 0 Å². The highest BCUT2D eigenvalue weighted by Gasteiger charge is 2.10. The maximum Gasteiger partial charge on any atom is 0.220 e. The molecule has 0 saturated heterocycles. The number of methoxy groups -OCH3 is 1. The van der Waals surface area contributed by atoms with Crippen LogP contribution < -0.4 is 5.32 Å². The molecular formula is C13H20ClNO2S. The Bertz CT molecular complexity index is 330. The molecule has 0 saturated carbocycles. The number of hydrogen-bond donors (Lipinski definition) is 1. The first-order chi connectivity index (χ1) is 8.76. The first-order valence-corrected chi connectivity index (χ1v) is 7.54. The molecule has 18 heavy (non-hydrogen) atoms. The zero-order valence-corrected chi connectivity index (χ0v) is 12.2. The number of carbonyl (C=O) groups is 1. The van der Waals surface area contributed by atoms with E-state index in [1.54, 1.807) is 18.4 Å². The average molecular weight is 290 g/mol. The molecule has 1 N–H and O–H groups in total. The normalized spacial score (nSPS) is 12.3. The van der Waals surface area contributed by atoms with Crippen molar-refractivity contribution in [3.8, 4) is 0 Å². The molecule has 1 aromatic rings. The lowest BCUT2D eigenvalue weighted by Gasteiger charge is -2.15. The van der Waals surface area contributed by atoms with Crippen LogP contribution in [-0.2, 0) is 16.0 Å². The van der Waals surface area contributed by atoms with Crippen LogP contribution in [0.4, 0.5) is 0 Å². The van der Waals surface area contributed by atoms with Gasteiger partial charge in [0, 0.05) is 36.9 Å². The molecule has 1 atom stereocenters. The van der Waals surface area contributed by atoms with E-state index in [1.165, 1.54) is 4.88 Å². The van der Waals surface area contributed by atoms with Gasteiger partial charge in [-0.15, -0.1) is 22.9 Å². The zero-order chi connectivity index (χ0) is 13.2. The number of halogens is 1. The van der Waals surface area contributed by atoms with E-state index in [9.17, 15) is 4.79 Å². The molecular weight excluding hydrogens is 270 g/mol. The maximum atomic E-state index is 11.7. The molecule has 0 bridgehead atoms. The summed E-state index contributed by atoms with van der Waals surface area (Å²) in [5, 5.41) is 4.99. The van der Waals surface area contributed by atoms with E-state index in [2.05, 4.69) is 16.8 Å². The predicted molar refractivity (Wildman–Crippen MR) is 76.4 cm³/mol. The number of alkyl halides is 1. The van der Waals surface area contributed by atoms with Gasteiger partial charge in [-0.1, -0.05) is 6.07 Å². The first-order valence-electron chi connectivity index (χ1n) is 6.13. The van der Waals surface area contributed by atoms with Crippen LogP contribution in [0.1, 0.15) is 24.1 Å². The molecule has 102 valence electrons. The smallest absolute Gasteiger partial charge is 0.220 e. The second-order valence-electron chi connectivity index (χ2n) is 4.13. The van der Waals surface area contributed by atoms with Crippen LogP contribution in [0.3, 0.4) is 0 Å². The van der Waals surface area contributed by atoms with Crippen molar-refractivity contribution in [3.05, 3.63) is 22.4 Å². The Morgan fingerprint density at radius 3 is 3.06 bits per heavy atom.